The van der Waals surface area contributed by atoms with Gasteiger partial charge >= 0.3 is 47.8 Å². The van der Waals surface area contributed by atoms with Crippen molar-refractivity contribution in [3.8, 4) is 0 Å². The van der Waals surface area contributed by atoms with Gasteiger partial charge in [0.05, 0.1) is 42.0 Å². The molecule has 0 aromatic rings. The van der Waals surface area contributed by atoms with E-state index in [0.29, 0.717) is 17.6 Å². The van der Waals surface area contributed by atoms with Crippen LogP contribution in [0.2, 0.25) is 0 Å². The van der Waals surface area contributed by atoms with E-state index in [0.717, 1.165) is 32.6 Å². The second kappa shape index (κ2) is 33.8. The lowest BCUT2D eigenvalue weighted by atomic mass is 9.71. The average Bonchev–Trinajstić information content (AvgIpc) is 1.59. The smallest absolute Gasteiger partial charge is 0.335 e. The molecule has 478 valence electrons. The van der Waals surface area contributed by atoms with Gasteiger partial charge in [0.25, 0.3) is 0 Å². The zero-order chi connectivity index (χ0) is 64.8. The summed E-state index contributed by atoms with van der Waals surface area (Å²) < 4.78 is 18.0. The van der Waals surface area contributed by atoms with Crippen LogP contribution in [0.5, 0.6) is 0 Å². The van der Waals surface area contributed by atoms with Crippen molar-refractivity contribution in [1.29, 1.82) is 0 Å². The number of amides is 5. The average molecular weight is 1210 g/mol. The summed E-state index contributed by atoms with van der Waals surface area (Å²) in [5, 5.41) is 82.1. The van der Waals surface area contributed by atoms with Crippen molar-refractivity contribution >= 4 is 77.3 Å². The minimum absolute atomic E-state index is 0.121. The molecule has 14 N–H and O–H groups in total. The number of aliphatic carboxylic acids is 5. The molecule has 85 heavy (non-hydrogen) atoms. The first-order valence-electron chi connectivity index (χ1n) is 28.2. The van der Waals surface area contributed by atoms with Crippen molar-refractivity contribution in [2.24, 2.45) is 23.5 Å². The number of carboxylic acid groups (broad SMARTS) is 5. The van der Waals surface area contributed by atoms with Gasteiger partial charge < -0.3 is 82.3 Å². The maximum absolute atomic E-state index is 14.0. The number of nitrogens with two attached hydrogens (primary N) is 1. The number of carboxylic acids is 5. The van der Waals surface area contributed by atoms with Crippen LogP contribution in [0.1, 0.15) is 171 Å². The number of esters is 3. The summed E-state index contributed by atoms with van der Waals surface area (Å²) in [6, 6.07) is -7.90. The highest BCUT2D eigenvalue weighted by Crippen LogP contribution is 2.55. The lowest BCUT2D eigenvalue weighted by Gasteiger charge is -2.42. The van der Waals surface area contributed by atoms with Crippen molar-refractivity contribution in [3.05, 3.63) is 22.4 Å². The minimum Gasteiger partial charge on any atom is -0.481 e. The molecule has 0 spiro atoms. The Hall–Kier alpha value is -7.53. The third kappa shape index (κ3) is 22.4. The molecule has 0 saturated heterocycles. The summed E-state index contributed by atoms with van der Waals surface area (Å²) in [7, 11) is 0. The highest BCUT2D eigenvalue weighted by molar-refractivity contribution is 5.93. The summed E-state index contributed by atoms with van der Waals surface area (Å²) in [6.07, 6.45) is -4.38. The molecule has 1 fully saturated rings. The number of carbonyl (C=O) groups is 13. The third-order valence-corrected chi connectivity index (χ3v) is 15.5. The molecule has 0 heterocycles. The van der Waals surface area contributed by atoms with E-state index in [1.165, 1.54) is 34.6 Å². The Labute approximate surface area is 492 Å². The molecule has 0 aromatic carbocycles. The normalized spacial score (nSPS) is 22.8. The Morgan fingerprint density at radius 2 is 1.18 bits per heavy atom. The molecule has 0 aromatic heterocycles. The van der Waals surface area contributed by atoms with Gasteiger partial charge in [-0.2, -0.15) is 0 Å². The second-order valence-corrected chi connectivity index (χ2v) is 22.2. The molecule has 2 aliphatic carbocycles. The summed E-state index contributed by atoms with van der Waals surface area (Å²) in [4.78, 5) is 164. The maximum atomic E-state index is 14.0. The Balaban J connectivity index is 2.14. The number of aliphatic hydroxyl groups excluding tert-OH is 1. The van der Waals surface area contributed by atoms with Crippen LogP contribution in [0.4, 0.5) is 0 Å². The predicted molar refractivity (Wildman–Crippen MR) is 296 cm³/mol. The van der Waals surface area contributed by atoms with Gasteiger partial charge in [0.1, 0.15) is 41.5 Å². The van der Waals surface area contributed by atoms with Crippen LogP contribution in [0, 0.1) is 17.8 Å². The minimum atomic E-state index is -2.38. The molecule has 29 nitrogen and oxygen atoms in total. The maximum Gasteiger partial charge on any atom is 0.335 e. The van der Waals surface area contributed by atoms with Crippen molar-refractivity contribution in [1.82, 2.24) is 26.6 Å². The van der Waals surface area contributed by atoms with E-state index < -0.39 is 206 Å². The lowest BCUT2D eigenvalue weighted by molar-refractivity contribution is -0.197. The summed E-state index contributed by atoms with van der Waals surface area (Å²) >= 11 is 0. The molecule has 0 aliphatic heterocycles. The number of rotatable bonds is 36. The van der Waals surface area contributed by atoms with Gasteiger partial charge in [-0.1, -0.05) is 50.7 Å². The van der Waals surface area contributed by atoms with Crippen molar-refractivity contribution in [2.75, 3.05) is 0 Å². The first-order chi connectivity index (χ1) is 39.5. The largest absolute Gasteiger partial charge is 0.481 e. The Morgan fingerprint density at radius 3 is 1.65 bits per heavy atom. The number of fused-ring (bicyclic) bond motifs is 1. The monoisotopic (exact) mass is 1210 g/mol. The summed E-state index contributed by atoms with van der Waals surface area (Å²) in [5.74, 6) is -18.4. The van der Waals surface area contributed by atoms with Gasteiger partial charge in [-0.15, -0.1) is 0 Å². The Kier molecular flexibility index (Phi) is 29.3. The first-order valence-corrected chi connectivity index (χ1v) is 28.2. The van der Waals surface area contributed by atoms with Gasteiger partial charge in [-0.05, 0) is 73.6 Å². The molecule has 0 radical (unpaired) electrons. The van der Waals surface area contributed by atoms with Crippen LogP contribution < -0.4 is 32.3 Å². The number of carbonyl (C=O) groups excluding carboxylic acids is 8. The number of hydrogen-bond donors (Lipinski definition) is 13. The molecule has 13 atom stereocenters. The molecule has 2 rings (SSSR count). The number of aliphatic hydroxyl groups is 2. The summed E-state index contributed by atoms with van der Waals surface area (Å²) in [5.41, 5.74) is 2.61. The highest BCUT2D eigenvalue weighted by Gasteiger charge is 2.64. The zero-order valence-electron chi connectivity index (χ0n) is 49.6. The Bertz CT molecular complexity index is 2550. The Morgan fingerprint density at radius 1 is 0.671 bits per heavy atom. The van der Waals surface area contributed by atoms with Gasteiger partial charge in [0, 0.05) is 63.5 Å². The van der Waals surface area contributed by atoms with Crippen LogP contribution in [0.25, 0.3) is 0 Å². The van der Waals surface area contributed by atoms with Crippen LogP contribution >= 0.6 is 0 Å². The topological polar surface area (TPSA) is 477 Å². The molecule has 1 saturated carbocycles. The third-order valence-electron chi connectivity index (χ3n) is 15.5. The van der Waals surface area contributed by atoms with E-state index in [2.05, 4.69) is 33.5 Å². The molecule has 2 aliphatic rings. The fourth-order valence-corrected chi connectivity index (χ4v) is 10.6. The molecule has 3 unspecified atom stereocenters. The van der Waals surface area contributed by atoms with Crippen molar-refractivity contribution in [2.45, 2.75) is 231 Å². The SMILES string of the molecule is CCCCCCCC(=O)O[C@@H]1CC(C)=C2C(C)[C@@](O)([C@@H](C)C(=O)O)[C@@H](OC(=O)/C(C)=C(/C)NC(=O)C[C@H](N)C(=O)N[C@@H](CCC(=O)N[C@@H](CCC(=O)N[C@@H](CCC(=O)NC(CCC(=O)O)C(C)O)C(=O)O)C(=O)O)C(=O)O)C[C@](C)(OC(C)=O)[C@H]21. The molecule has 0 bridgehead atoms. The van der Waals surface area contributed by atoms with Crippen LogP contribution in [0.3, 0.4) is 0 Å². The number of nitrogens with one attached hydrogen (secondary N) is 5. The number of allylic oxidation sites excluding steroid dienone is 1. The van der Waals surface area contributed by atoms with Gasteiger partial charge in [0.2, 0.25) is 29.5 Å². The number of hydrogen-bond acceptors (Lipinski definition) is 19. The number of ether oxygens (including phenoxy) is 3. The standard InChI is InChI=1S/C56H86N6O23/c1-10-11-12-13-14-15-46(71)83-39-24-27(2)47-29(4)56(82,30(5)50(73)74)40(26-55(9,48(39)47)85-33(8)64)84-54(81)28(3)31(6)58-44(68)25-34(57)49(72)62-38(53(79)80)18-22-43(67)61-37(52(77)78)17-21-42(66)60-36(51(75)76)16-20-41(65)59-35(32(7)63)19-23-45(69)70/h29-30,32,34-40,48,63,82H,10-26,57H2,1-9H3,(H,58,68)(H,59,65)(H,60,66)(H,61,67)(H,62,72)(H,69,70)(H,73,74)(H,75,76)(H,77,78)(H,79,80)/b31-28-/t29?,30-,32?,34-,35?,36-,37-,38-,39+,40-,48-,55-,56+/m0/s1. The van der Waals surface area contributed by atoms with Gasteiger partial charge in [0.15, 0.2) is 0 Å². The van der Waals surface area contributed by atoms with E-state index in [-0.39, 0.29) is 37.0 Å². The fraction of sp³-hybridized carbons (Fsp3) is 0.696. The van der Waals surface area contributed by atoms with E-state index in [1.54, 1.807) is 13.8 Å². The molecule has 29 heteroatoms. The van der Waals surface area contributed by atoms with Crippen molar-refractivity contribution < 1.29 is 112 Å². The molecule has 5 amide bonds. The second-order valence-electron chi connectivity index (χ2n) is 22.2. The van der Waals surface area contributed by atoms with Crippen LogP contribution in [-0.2, 0) is 76.5 Å². The van der Waals surface area contributed by atoms with E-state index in [1.807, 2.05) is 0 Å². The summed E-state index contributed by atoms with van der Waals surface area (Å²) in [6.45, 7) is 13.1. The van der Waals surface area contributed by atoms with Crippen molar-refractivity contribution in [3.63, 3.8) is 0 Å². The lowest BCUT2D eigenvalue weighted by Crippen LogP contribution is -2.57. The highest BCUT2D eigenvalue weighted by atomic mass is 16.6. The fourth-order valence-electron chi connectivity index (χ4n) is 10.6. The first kappa shape index (κ1) is 73.6. The van der Waals surface area contributed by atoms with Gasteiger partial charge in [-0.25, -0.2) is 19.2 Å². The quantitative estimate of drug-likeness (QED) is 0.0138. The predicted octanol–water partition coefficient (Wildman–Crippen LogP) is 1.23. The van der Waals surface area contributed by atoms with E-state index in [9.17, 15) is 93.0 Å². The van der Waals surface area contributed by atoms with E-state index >= 15 is 0 Å². The van der Waals surface area contributed by atoms with Gasteiger partial charge in [-0.3, -0.25) is 43.2 Å². The molecular weight excluding hydrogens is 1120 g/mol. The molecular formula is C56H86N6O23. The van der Waals surface area contributed by atoms with Crippen LogP contribution in [-0.4, -0.2) is 173 Å². The van der Waals surface area contributed by atoms with E-state index in [4.69, 9.17) is 25.1 Å². The van der Waals surface area contributed by atoms with Crippen LogP contribution in [0.15, 0.2) is 22.4 Å². The zero-order valence-corrected chi connectivity index (χ0v) is 49.6. The number of unbranched alkanes of at least 4 members (excludes halogenated alkanes) is 4.